The van der Waals surface area contributed by atoms with Crippen LogP contribution in [0.15, 0.2) is 24.3 Å². The van der Waals surface area contributed by atoms with Crippen molar-refractivity contribution < 1.29 is 14.6 Å². The minimum Gasteiger partial charge on any atom is -0.486 e. The Labute approximate surface area is 117 Å². The second kappa shape index (κ2) is 5.67. The lowest BCUT2D eigenvalue weighted by Gasteiger charge is -2.20. The number of hydrogen-bond donors (Lipinski definition) is 1. The molecule has 0 saturated carbocycles. The van der Waals surface area contributed by atoms with Crippen LogP contribution in [0.3, 0.4) is 0 Å². The number of ether oxygens (including phenoxy) is 1. The number of urea groups is 1. The number of amides is 2. The Kier molecular flexibility index (Phi) is 4.17. The molecule has 1 aromatic carbocycles. The molecule has 1 saturated heterocycles. The van der Waals surface area contributed by atoms with Gasteiger partial charge in [-0.25, -0.2) is 4.79 Å². The Morgan fingerprint density at radius 3 is 2.58 bits per heavy atom. The van der Waals surface area contributed by atoms with Gasteiger partial charge in [0.1, 0.15) is 18.0 Å². The van der Waals surface area contributed by atoms with Crippen LogP contribution < -0.4 is 4.74 Å². The first-order valence-electron chi connectivity index (χ1n) is 6.04. The monoisotopic (exact) mass is 284 g/mol. The van der Waals surface area contributed by atoms with Crippen molar-refractivity contribution in [3.63, 3.8) is 0 Å². The van der Waals surface area contributed by atoms with E-state index in [4.69, 9.17) is 16.3 Å². The van der Waals surface area contributed by atoms with Crippen LogP contribution in [0.5, 0.6) is 5.75 Å². The number of β-amino-alcohol motifs (C(OH)–C–C–N with tert-alkyl or cyclic N) is 1. The number of aliphatic hydroxyl groups is 1. The van der Waals surface area contributed by atoms with E-state index in [1.165, 1.54) is 4.90 Å². The molecule has 2 rings (SSSR count). The number of aliphatic hydroxyl groups excluding tert-OH is 1. The molecule has 0 spiro atoms. The Balaban J connectivity index is 1.98. The van der Waals surface area contributed by atoms with Gasteiger partial charge in [0.25, 0.3) is 0 Å². The Morgan fingerprint density at radius 2 is 2.00 bits per heavy atom. The molecule has 0 aliphatic carbocycles. The highest BCUT2D eigenvalue weighted by Crippen LogP contribution is 2.21. The zero-order valence-electron chi connectivity index (χ0n) is 10.9. The van der Waals surface area contributed by atoms with Gasteiger partial charge in [0.2, 0.25) is 0 Å². The molecule has 1 aromatic rings. The molecule has 0 unspecified atom stereocenters. The lowest BCUT2D eigenvalue weighted by molar-refractivity contribution is 0.0737. The molecule has 19 heavy (non-hydrogen) atoms. The molecule has 1 aliphatic rings. The molecule has 0 bridgehead atoms. The molecule has 5 nitrogen and oxygen atoms in total. The van der Waals surface area contributed by atoms with Crippen molar-refractivity contribution >= 4 is 17.6 Å². The van der Waals surface area contributed by atoms with Gasteiger partial charge in [0, 0.05) is 19.1 Å². The second-order valence-corrected chi connectivity index (χ2v) is 5.20. The van der Waals surface area contributed by atoms with Crippen molar-refractivity contribution in [2.45, 2.75) is 12.2 Å². The third-order valence-electron chi connectivity index (χ3n) is 2.99. The third kappa shape index (κ3) is 3.30. The number of nitrogens with zero attached hydrogens (tertiary/aromatic N) is 2. The van der Waals surface area contributed by atoms with Crippen molar-refractivity contribution in [2.75, 3.05) is 27.2 Å². The molecule has 1 aliphatic heterocycles. The Morgan fingerprint density at radius 1 is 1.37 bits per heavy atom. The van der Waals surface area contributed by atoms with Crippen LogP contribution in [0.2, 0.25) is 5.02 Å². The first-order chi connectivity index (χ1) is 8.97. The van der Waals surface area contributed by atoms with E-state index in [0.717, 1.165) is 0 Å². The van der Waals surface area contributed by atoms with Crippen LogP contribution >= 0.6 is 11.6 Å². The number of halogens is 1. The maximum Gasteiger partial charge on any atom is 0.319 e. The summed E-state index contributed by atoms with van der Waals surface area (Å²) in [5.41, 5.74) is 0. The maximum absolute atomic E-state index is 11.8. The maximum atomic E-state index is 11.8. The van der Waals surface area contributed by atoms with E-state index in [-0.39, 0.29) is 12.6 Å². The van der Waals surface area contributed by atoms with Crippen molar-refractivity contribution in [3.8, 4) is 5.75 Å². The average molecular weight is 285 g/mol. The number of benzene rings is 1. The fourth-order valence-electron chi connectivity index (χ4n) is 2.00. The fourth-order valence-corrected chi connectivity index (χ4v) is 2.13. The predicted octanol–water partition coefficient (Wildman–Crippen LogP) is 1.45. The first-order valence-corrected chi connectivity index (χ1v) is 6.41. The Hall–Kier alpha value is -1.46. The second-order valence-electron chi connectivity index (χ2n) is 4.76. The number of likely N-dealkylation sites (tertiary alicyclic amines) is 1. The van der Waals surface area contributed by atoms with Crippen molar-refractivity contribution in [1.29, 1.82) is 0 Å². The summed E-state index contributed by atoms with van der Waals surface area (Å²) in [5.74, 6) is 0.632. The van der Waals surface area contributed by atoms with Crippen LogP contribution in [-0.4, -0.2) is 60.3 Å². The highest BCUT2D eigenvalue weighted by atomic mass is 35.5. The zero-order valence-corrected chi connectivity index (χ0v) is 11.7. The lowest BCUT2D eigenvalue weighted by Crippen LogP contribution is -2.38. The summed E-state index contributed by atoms with van der Waals surface area (Å²) in [6, 6.07) is 6.81. The standard InChI is InChI=1S/C13H17ClN2O3/c1-15(2)13(18)16-7-11(17)12(8-16)19-10-5-3-9(14)4-6-10/h3-6,11-12,17H,7-8H2,1-2H3/t11-,12-/m0/s1. The topological polar surface area (TPSA) is 53.0 Å². The molecule has 2 atom stereocenters. The number of carbonyl (C=O) groups is 1. The summed E-state index contributed by atoms with van der Waals surface area (Å²) in [6.45, 7) is 0.663. The molecular weight excluding hydrogens is 268 g/mol. The van der Waals surface area contributed by atoms with Crippen LogP contribution in [0.4, 0.5) is 4.79 Å². The normalized spacial score (nSPS) is 22.4. The third-order valence-corrected chi connectivity index (χ3v) is 3.24. The molecule has 1 heterocycles. The number of rotatable bonds is 2. The van der Waals surface area contributed by atoms with Crippen LogP contribution in [0, 0.1) is 0 Å². The SMILES string of the molecule is CN(C)C(=O)N1C[C@H](Oc2ccc(Cl)cc2)[C@@H](O)C1. The lowest BCUT2D eigenvalue weighted by atomic mass is 10.2. The van der Waals surface area contributed by atoms with E-state index in [1.54, 1.807) is 43.3 Å². The predicted molar refractivity (Wildman–Crippen MR) is 72.5 cm³/mol. The summed E-state index contributed by atoms with van der Waals surface area (Å²) in [4.78, 5) is 14.9. The summed E-state index contributed by atoms with van der Waals surface area (Å²) in [6.07, 6.45) is -1.09. The average Bonchev–Trinajstić information content (AvgIpc) is 2.72. The quantitative estimate of drug-likeness (QED) is 0.894. The number of hydrogen-bond acceptors (Lipinski definition) is 3. The molecule has 2 amide bonds. The van der Waals surface area contributed by atoms with E-state index in [1.807, 2.05) is 0 Å². The van der Waals surface area contributed by atoms with E-state index in [2.05, 4.69) is 0 Å². The number of carbonyl (C=O) groups excluding carboxylic acids is 1. The van der Waals surface area contributed by atoms with E-state index in [0.29, 0.717) is 17.3 Å². The molecule has 1 fully saturated rings. The summed E-state index contributed by atoms with van der Waals surface area (Å²) in [5, 5.41) is 10.6. The smallest absolute Gasteiger partial charge is 0.319 e. The van der Waals surface area contributed by atoms with Crippen LogP contribution in [-0.2, 0) is 0 Å². The molecule has 0 aromatic heterocycles. The van der Waals surface area contributed by atoms with Crippen molar-refractivity contribution in [2.24, 2.45) is 0 Å². The highest BCUT2D eigenvalue weighted by Gasteiger charge is 2.36. The van der Waals surface area contributed by atoms with Gasteiger partial charge in [-0.05, 0) is 24.3 Å². The summed E-state index contributed by atoms with van der Waals surface area (Å²) < 4.78 is 5.68. The zero-order chi connectivity index (χ0) is 14.0. The Bertz CT molecular complexity index is 450. The molecular formula is C13H17ClN2O3. The van der Waals surface area contributed by atoms with E-state index < -0.39 is 12.2 Å². The van der Waals surface area contributed by atoms with Gasteiger partial charge in [-0.3, -0.25) is 0 Å². The summed E-state index contributed by atoms with van der Waals surface area (Å²) >= 11 is 5.79. The molecule has 104 valence electrons. The van der Waals surface area contributed by atoms with Gasteiger partial charge >= 0.3 is 6.03 Å². The van der Waals surface area contributed by atoms with Gasteiger partial charge in [0.15, 0.2) is 0 Å². The van der Waals surface area contributed by atoms with E-state index in [9.17, 15) is 9.90 Å². The molecule has 0 radical (unpaired) electrons. The van der Waals surface area contributed by atoms with Crippen molar-refractivity contribution in [3.05, 3.63) is 29.3 Å². The fraction of sp³-hybridized carbons (Fsp3) is 0.462. The van der Waals surface area contributed by atoms with E-state index >= 15 is 0 Å². The summed E-state index contributed by atoms with van der Waals surface area (Å²) in [7, 11) is 3.37. The molecule has 1 N–H and O–H groups in total. The van der Waals surface area contributed by atoms with Gasteiger partial charge in [-0.15, -0.1) is 0 Å². The van der Waals surface area contributed by atoms with Crippen LogP contribution in [0.25, 0.3) is 0 Å². The van der Waals surface area contributed by atoms with Gasteiger partial charge in [-0.1, -0.05) is 11.6 Å². The first kappa shape index (κ1) is 14.0. The molecule has 6 heteroatoms. The van der Waals surface area contributed by atoms with Crippen LogP contribution in [0.1, 0.15) is 0 Å². The minimum atomic E-state index is -0.681. The van der Waals surface area contributed by atoms with Gasteiger partial charge < -0.3 is 19.6 Å². The van der Waals surface area contributed by atoms with Crippen molar-refractivity contribution in [1.82, 2.24) is 9.80 Å². The highest BCUT2D eigenvalue weighted by molar-refractivity contribution is 6.30. The van der Waals surface area contributed by atoms with Gasteiger partial charge in [0.05, 0.1) is 13.1 Å². The largest absolute Gasteiger partial charge is 0.486 e. The van der Waals surface area contributed by atoms with Gasteiger partial charge in [-0.2, -0.15) is 0 Å². The minimum absolute atomic E-state index is 0.124.